The summed E-state index contributed by atoms with van der Waals surface area (Å²) in [5.74, 6) is -0.256. The lowest BCUT2D eigenvalue weighted by Crippen LogP contribution is -2.17. The maximum Gasteiger partial charge on any atom is 0.323 e. The molecule has 0 fully saturated rings. The summed E-state index contributed by atoms with van der Waals surface area (Å²) in [6.45, 7) is 0. The summed E-state index contributed by atoms with van der Waals surface area (Å²) in [5.41, 5.74) is 3.27. The summed E-state index contributed by atoms with van der Waals surface area (Å²) in [6.07, 6.45) is 0. The van der Waals surface area contributed by atoms with Crippen LogP contribution in [0.15, 0.2) is 47.3 Å². The van der Waals surface area contributed by atoms with Gasteiger partial charge in [-0.2, -0.15) is 0 Å². The highest BCUT2D eigenvalue weighted by Crippen LogP contribution is 2.24. The van der Waals surface area contributed by atoms with E-state index in [-0.39, 0.29) is 17.5 Å². The molecule has 20 heavy (non-hydrogen) atoms. The van der Waals surface area contributed by atoms with Crippen LogP contribution in [0.2, 0.25) is 0 Å². The zero-order valence-corrected chi connectivity index (χ0v) is 10.9. The van der Waals surface area contributed by atoms with Gasteiger partial charge in [-0.1, -0.05) is 18.2 Å². The van der Waals surface area contributed by atoms with E-state index in [1.165, 1.54) is 12.1 Å². The third kappa shape index (κ3) is 2.23. The molecule has 0 aliphatic heterocycles. The standard InChI is InChI=1S/C15H14FN3O/c1-17-14(9-2-5-11(16)6-3-9)10-4-7-12-13(8-10)19-15(20)18-12/h2-8,14,17H,1H3,(H2,18,19,20). The summed E-state index contributed by atoms with van der Waals surface area (Å²) >= 11 is 0. The number of aromatic amines is 2. The number of imidazole rings is 1. The van der Waals surface area contributed by atoms with E-state index in [4.69, 9.17) is 0 Å². The predicted molar refractivity (Wildman–Crippen MR) is 76.2 cm³/mol. The first-order valence-electron chi connectivity index (χ1n) is 6.32. The van der Waals surface area contributed by atoms with Crippen molar-refractivity contribution in [1.29, 1.82) is 0 Å². The first-order chi connectivity index (χ1) is 9.67. The Morgan fingerprint density at radius 1 is 1.00 bits per heavy atom. The second-order valence-electron chi connectivity index (χ2n) is 4.66. The van der Waals surface area contributed by atoms with E-state index in [2.05, 4.69) is 15.3 Å². The highest BCUT2D eigenvalue weighted by molar-refractivity contribution is 5.75. The number of fused-ring (bicyclic) bond motifs is 1. The van der Waals surface area contributed by atoms with E-state index in [9.17, 15) is 9.18 Å². The van der Waals surface area contributed by atoms with Crippen molar-refractivity contribution in [2.24, 2.45) is 0 Å². The van der Waals surface area contributed by atoms with E-state index < -0.39 is 0 Å². The fourth-order valence-corrected chi connectivity index (χ4v) is 2.41. The second-order valence-corrected chi connectivity index (χ2v) is 4.66. The maximum absolute atomic E-state index is 13.0. The lowest BCUT2D eigenvalue weighted by Gasteiger charge is -2.17. The van der Waals surface area contributed by atoms with Crippen LogP contribution in [-0.4, -0.2) is 17.0 Å². The third-order valence-electron chi connectivity index (χ3n) is 3.37. The van der Waals surface area contributed by atoms with Crippen molar-refractivity contribution in [2.45, 2.75) is 6.04 Å². The predicted octanol–water partition coefficient (Wildman–Crippen LogP) is 2.30. The molecule has 1 unspecified atom stereocenters. The largest absolute Gasteiger partial charge is 0.323 e. The number of halogens is 1. The van der Waals surface area contributed by atoms with E-state index >= 15 is 0 Å². The number of aromatic nitrogens is 2. The zero-order chi connectivity index (χ0) is 14.1. The summed E-state index contributed by atoms with van der Waals surface area (Å²) in [5, 5.41) is 3.20. The molecule has 0 saturated heterocycles. The van der Waals surface area contributed by atoms with Gasteiger partial charge < -0.3 is 15.3 Å². The minimum Gasteiger partial charge on any atom is -0.309 e. The SMILES string of the molecule is CNC(c1ccc(F)cc1)c1ccc2[nH]c(=O)[nH]c2c1. The molecule has 0 radical (unpaired) electrons. The van der Waals surface area contributed by atoms with E-state index in [1.54, 1.807) is 12.1 Å². The first kappa shape index (κ1) is 12.6. The number of H-pyrrole nitrogens is 2. The summed E-state index contributed by atoms with van der Waals surface area (Å²) < 4.78 is 13.0. The molecule has 102 valence electrons. The van der Waals surface area contributed by atoms with Gasteiger partial charge in [0.05, 0.1) is 17.1 Å². The van der Waals surface area contributed by atoms with Crippen molar-refractivity contribution in [2.75, 3.05) is 7.05 Å². The van der Waals surface area contributed by atoms with Crippen LogP contribution in [0.5, 0.6) is 0 Å². The molecule has 3 N–H and O–H groups in total. The van der Waals surface area contributed by atoms with Gasteiger partial charge in [-0.15, -0.1) is 0 Å². The van der Waals surface area contributed by atoms with Crippen LogP contribution in [0.4, 0.5) is 4.39 Å². The molecule has 5 heteroatoms. The Balaban J connectivity index is 2.06. The lowest BCUT2D eigenvalue weighted by atomic mass is 9.98. The Hall–Kier alpha value is -2.40. The van der Waals surface area contributed by atoms with Gasteiger partial charge in [-0.05, 0) is 42.4 Å². The third-order valence-corrected chi connectivity index (χ3v) is 3.37. The van der Waals surface area contributed by atoms with Crippen molar-refractivity contribution in [3.63, 3.8) is 0 Å². The van der Waals surface area contributed by atoms with Crippen LogP contribution in [0.25, 0.3) is 11.0 Å². The van der Waals surface area contributed by atoms with Crippen LogP contribution in [-0.2, 0) is 0 Å². The second kappa shape index (κ2) is 4.94. The average molecular weight is 271 g/mol. The van der Waals surface area contributed by atoms with E-state index in [1.807, 2.05) is 25.2 Å². The molecule has 0 saturated carbocycles. The molecule has 3 aromatic rings. The van der Waals surface area contributed by atoms with Gasteiger partial charge in [0, 0.05) is 0 Å². The van der Waals surface area contributed by atoms with Crippen LogP contribution < -0.4 is 11.0 Å². The van der Waals surface area contributed by atoms with E-state index in [0.29, 0.717) is 0 Å². The Bertz CT molecular complexity index is 789. The van der Waals surface area contributed by atoms with Crippen molar-refractivity contribution in [3.8, 4) is 0 Å². The molecule has 4 nitrogen and oxygen atoms in total. The molecule has 2 aromatic carbocycles. The number of benzene rings is 2. The molecule has 0 aliphatic rings. The van der Waals surface area contributed by atoms with Crippen molar-refractivity contribution in [1.82, 2.24) is 15.3 Å². The van der Waals surface area contributed by atoms with Gasteiger partial charge in [0.2, 0.25) is 0 Å². The Morgan fingerprint density at radius 3 is 2.35 bits per heavy atom. The van der Waals surface area contributed by atoms with Gasteiger partial charge in [-0.25, -0.2) is 9.18 Å². The van der Waals surface area contributed by atoms with Gasteiger partial charge in [0.25, 0.3) is 0 Å². The van der Waals surface area contributed by atoms with Crippen molar-refractivity contribution >= 4 is 11.0 Å². The molecule has 3 rings (SSSR count). The monoisotopic (exact) mass is 271 g/mol. The maximum atomic E-state index is 13.0. The minimum absolute atomic E-state index is 0.0570. The van der Waals surface area contributed by atoms with Crippen molar-refractivity contribution in [3.05, 3.63) is 69.9 Å². The van der Waals surface area contributed by atoms with Gasteiger partial charge in [0.1, 0.15) is 5.82 Å². The molecule has 0 aliphatic carbocycles. The topological polar surface area (TPSA) is 60.7 Å². The molecule has 0 amide bonds. The smallest absolute Gasteiger partial charge is 0.309 e. The van der Waals surface area contributed by atoms with Crippen LogP contribution in [0.3, 0.4) is 0 Å². The number of hydrogen-bond donors (Lipinski definition) is 3. The normalized spacial score (nSPS) is 12.7. The lowest BCUT2D eigenvalue weighted by molar-refractivity contribution is 0.623. The minimum atomic E-state index is -0.256. The quantitative estimate of drug-likeness (QED) is 0.684. The number of hydrogen-bond acceptors (Lipinski definition) is 2. The van der Waals surface area contributed by atoms with Crippen LogP contribution in [0, 0.1) is 5.82 Å². The summed E-state index contributed by atoms with van der Waals surface area (Å²) in [7, 11) is 1.85. The van der Waals surface area contributed by atoms with Crippen LogP contribution >= 0.6 is 0 Å². The zero-order valence-electron chi connectivity index (χ0n) is 10.9. The van der Waals surface area contributed by atoms with Gasteiger partial charge >= 0.3 is 5.69 Å². The average Bonchev–Trinajstić information content (AvgIpc) is 2.81. The van der Waals surface area contributed by atoms with E-state index in [0.717, 1.165) is 22.2 Å². The first-order valence-corrected chi connectivity index (χ1v) is 6.32. The Kier molecular flexibility index (Phi) is 3.12. The van der Waals surface area contributed by atoms with Crippen LogP contribution in [0.1, 0.15) is 17.2 Å². The molecular weight excluding hydrogens is 257 g/mol. The molecule has 0 spiro atoms. The molecule has 0 bridgehead atoms. The van der Waals surface area contributed by atoms with Gasteiger partial charge in [0.15, 0.2) is 0 Å². The number of rotatable bonds is 3. The highest BCUT2D eigenvalue weighted by atomic mass is 19.1. The Morgan fingerprint density at radius 2 is 1.65 bits per heavy atom. The fourth-order valence-electron chi connectivity index (χ4n) is 2.41. The molecule has 1 aromatic heterocycles. The molecule has 1 atom stereocenters. The van der Waals surface area contributed by atoms with Gasteiger partial charge in [-0.3, -0.25) is 0 Å². The van der Waals surface area contributed by atoms with Crippen molar-refractivity contribution < 1.29 is 4.39 Å². The summed E-state index contributed by atoms with van der Waals surface area (Å²) in [6, 6.07) is 12.0. The highest BCUT2D eigenvalue weighted by Gasteiger charge is 2.13. The number of nitrogens with one attached hydrogen (secondary N) is 3. The molecule has 1 heterocycles. The summed E-state index contributed by atoms with van der Waals surface area (Å²) in [4.78, 5) is 16.7. The molecular formula is C15H14FN3O. The Labute approximate surface area is 114 Å². The fraction of sp³-hybridized carbons (Fsp3) is 0.133.